The van der Waals surface area contributed by atoms with Crippen LogP contribution in [0.1, 0.15) is 31.0 Å². The standard InChI is InChI=1S/C14H17FN2/c1-9(2)14-11-7-10(15)3-4-12(11)17-6-5-16-8-13(14)17/h3-4,7,9,16H,5-6,8H2,1-2H3. The Balaban J connectivity index is 2.38. The van der Waals surface area contributed by atoms with Crippen molar-refractivity contribution >= 4 is 10.9 Å². The summed E-state index contributed by atoms with van der Waals surface area (Å²) in [5.41, 5.74) is 3.80. The lowest BCUT2D eigenvalue weighted by atomic mass is 9.99. The fourth-order valence-electron chi connectivity index (χ4n) is 2.89. The van der Waals surface area contributed by atoms with Crippen LogP contribution in [0.25, 0.3) is 10.9 Å². The lowest BCUT2D eigenvalue weighted by Gasteiger charge is -2.19. The molecule has 2 nitrogen and oxygen atoms in total. The van der Waals surface area contributed by atoms with Crippen LogP contribution in [0.2, 0.25) is 0 Å². The van der Waals surface area contributed by atoms with Crippen LogP contribution >= 0.6 is 0 Å². The molecule has 1 aliphatic rings. The number of hydrogen-bond acceptors (Lipinski definition) is 1. The first-order chi connectivity index (χ1) is 8.18. The fraction of sp³-hybridized carbons (Fsp3) is 0.429. The lowest BCUT2D eigenvalue weighted by molar-refractivity contribution is 0.520. The van der Waals surface area contributed by atoms with Crippen LogP contribution in [0, 0.1) is 5.82 Å². The summed E-state index contributed by atoms with van der Waals surface area (Å²) in [5.74, 6) is 0.283. The minimum absolute atomic E-state index is 0.143. The van der Waals surface area contributed by atoms with Gasteiger partial charge in [0.2, 0.25) is 0 Å². The predicted octanol–water partition coefficient (Wildman–Crippen LogP) is 3.01. The molecule has 0 aliphatic carbocycles. The van der Waals surface area contributed by atoms with Gasteiger partial charge in [-0.05, 0) is 29.7 Å². The van der Waals surface area contributed by atoms with Gasteiger partial charge in [-0.1, -0.05) is 13.8 Å². The van der Waals surface area contributed by atoms with Crippen molar-refractivity contribution in [1.82, 2.24) is 9.88 Å². The van der Waals surface area contributed by atoms with Gasteiger partial charge in [0.25, 0.3) is 0 Å². The van der Waals surface area contributed by atoms with Crippen molar-refractivity contribution in [2.24, 2.45) is 0 Å². The summed E-state index contributed by atoms with van der Waals surface area (Å²) in [6.45, 7) is 7.21. The molecule has 17 heavy (non-hydrogen) atoms. The molecular weight excluding hydrogens is 215 g/mol. The third kappa shape index (κ3) is 1.57. The van der Waals surface area contributed by atoms with Gasteiger partial charge >= 0.3 is 0 Å². The van der Waals surface area contributed by atoms with Crippen LogP contribution in [-0.2, 0) is 13.1 Å². The van der Waals surface area contributed by atoms with Gasteiger partial charge in [-0.2, -0.15) is 0 Å². The van der Waals surface area contributed by atoms with E-state index in [1.807, 2.05) is 6.07 Å². The van der Waals surface area contributed by atoms with Gasteiger partial charge in [-0.15, -0.1) is 0 Å². The van der Waals surface area contributed by atoms with E-state index in [-0.39, 0.29) is 5.82 Å². The smallest absolute Gasteiger partial charge is 0.123 e. The van der Waals surface area contributed by atoms with Crippen molar-refractivity contribution in [3.05, 3.63) is 35.3 Å². The van der Waals surface area contributed by atoms with Crippen LogP contribution < -0.4 is 5.32 Å². The molecular formula is C14H17FN2. The lowest BCUT2D eigenvalue weighted by Crippen LogP contribution is -2.28. The van der Waals surface area contributed by atoms with Crippen molar-refractivity contribution in [3.63, 3.8) is 0 Å². The highest BCUT2D eigenvalue weighted by Gasteiger charge is 2.21. The monoisotopic (exact) mass is 232 g/mol. The minimum atomic E-state index is -0.143. The Labute approximate surface area is 100 Å². The number of fused-ring (bicyclic) bond motifs is 3. The maximum atomic E-state index is 13.4. The Morgan fingerprint density at radius 3 is 2.94 bits per heavy atom. The molecule has 1 aromatic carbocycles. The Bertz CT molecular complexity index is 569. The van der Waals surface area contributed by atoms with Gasteiger partial charge in [0.1, 0.15) is 5.82 Å². The van der Waals surface area contributed by atoms with Gasteiger partial charge in [-0.3, -0.25) is 0 Å². The molecule has 0 saturated carbocycles. The fourth-order valence-corrected chi connectivity index (χ4v) is 2.89. The molecule has 3 rings (SSSR count). The predicted molar refractivity (Wildman–Crippen MR) is 67.7 cm³/mol. The van der Waals surface area contributed by atoms with E-state index >= 15 is 0 Å². The number of nitrogens with one attached hydrogen (secondary N) is 1. The van der Waals surface area contributed by atoms with E-state index in [9.17, 15) is 4.39 Å². The summed E-state index contributed by atoms with van der Waals surface area (Å²) in [5, 5.41) is 4.48. The minimum Gasteiger partial charge on any atom is -0.342 e. The van der Waals surface area contributed by atoms with Gasteiger partial charge in [-0.25, -0.2) is 4.39 Å². The van der Waals surface area contributed by atoms with Crippen molar-refractivity contribution in [2.75, 3.05) is 6.54 Å². The molecule has 3 heteroatoms. The summed E-state index contributed by atoms with van der Waals surface area (Å²) >= 11 is 0. The summed E-state index contributed by atoms with van der Waals surface area (Å²) in [4.78, 5) is 0. The largest absolute Gasteiger partial charge is 0.342 e. The van der Waals surface area contributed by atoms with Gasteiger partial charge in [0.15, 0.2) is 0 Å². The Kier molecular flexibility index (Phi) is 2.44. The first kappa shape index (κ1) is 10.8. The van der Waals surface area contributed by atoms with Crippen LogP contribution in [0.3, 0.4) is 0 Å². The second-order valence-electron chi connectivity index (χ2n) is 5.00. The van der Waals surface area contributed by atoms with E-state index in [0.717, 1.165) is 25.0 Å². The molecule has 0 bridgehead atoms. The maximum absolute atomic E-state index is 13.4. The molecule has 1 aliphatic heterocycles. The van der Waals surface area contributed by atoms with E-state index < -0.39 is 0 Å². The zero-order valence-electron chi connectivity index (χ0n) is 10.3. The average molecular weight is 232 g/mol. The number of benzene rings is 1. The van der Waals surface area contributed by atoms with Crippen LogP contribution in [-0.4, -0.2) is 11.1 Å². The van der Waals surface area contributed by atoms with Crippen LogP contribution in [0.5, 0.6) is 0 Å². The van der Waals surface area contributed by atoms with Crippen molar-refractivity contribution in [1.29, 1.82) is 0 Å². The average Bonchev–Trinajstić information content (AvgIpc) is 2.62. The molecule has 0 saturated heterocycles. The molecule has 0 radical (unpaired) electrons. The molecule has 2 heterocycles. The molecule has 0 unspecified atom stereocenters. The van der Waals surface area contributed by atoms with E-state index in [2.05, 4.69) is 23.7 Å². The maximum Gasteiger partial charge on any atom is 0.123 e. The second kappa shape index (κ2) is 3.84. The number of nitrogens with zero attached hydrogens (tertiary/aromatic N) is 1. The molecule has 1 N–H and O–H groups in total. The van der Waals surface area contributed by atoms with Crippen molar-refractivity contribution in [3.8, 4) is 0 Å². The van der Waals surface area contributed by atoms with Crippen LogP contribution in [0.4, 0.5) is 4.39 Å². The Morgan fingerprint density at radius 1 is 1.35 bits per heavy atom. The highest BCUT2D eigenvalue weighted by atomic mass is 19.1. The molecule has 0 fully saturated rings. The zero-order valence-corrected chi connectivity index (χ0v) is 10.3. The van der Waals surface area contributed by atoms with Gasteiger partial charge in [0.05, 0.1) is 0 Å². The van der Waals surface area contributed by atoms with E-state index in [1.54, 1.807) is 12.1 Å². The first-order valence-electron chi connectivity index (χ1n) is 6.19. The van der Waals surface area contributed by atoms with Crippen LogP contribution in [0.15, 0.2) is 18.2 Å². The Hall–Kier alpha value is -1.35. The molecule has 0 atom stereocenters. The first-order valence-corrected chi connectivity index (χ1v) is 6.19. The Morgan fingerprint density at radius 2 is 2.18 bits per heavy atom. The quantitative estimate of drug-likeness (QED) is 0.799. The van der Waals surface area contributed by atoms with E-state index in [1.165, 1.54) is 16.8 Å². The van der Waals surface area contributed by atoms with Gasteiger partial charge < -0.3 is 9.88 Å². The zero-order chi connectivity index (χ0) is 12.0. The molecule has 1 aromatic heterocycles. The third-order valence-corrected chi connectivity index (χ3v) is 3.56. The normalized spacial score (nSPS) is 15.5. The molecule has 90 valence electrons. The topological polar surface area (TPSA) is 17.0 Å². The second-order valence-corrected chi connectivity index (χ2v) is 5.00. The van der Waals surface area contributed by atoms with Crippen molar-refractivity contribution < 1.29 is 4.39 Å². The summed E-state index contributed by atoms with van der Waals surface area (Å²) in [7, 11) is 0. The number of hydrogen-bond donors (Lipinski definition) is 1. The number of halogens is 1. The highest BCUT2D eigenvalue weighted by molar-refractivity contribution is 5.86. The van der Waals surface area contributed by atoms with Gasteiger partial charge in [0, 0.05) is 36.2 Å². The third-order valence-electron chi connectivity index (χ3n) is 3.56. The summed E-state index contributed by atoms with van der Waals surface area (Å²) in [6.07, 6.45) is 0. The SMILES string of the molecule is CC(C)c1c2n(c3ccc(F)cc13)CCNC2. The summed E-state index contributed by atoms with van der Waals surface area (Å²) in [6, 6.07) is 5.14. The molecule has 0 spiro atoms. The highest BCUT2D eigenvalue weighted by Crippen LogP contribution is 2.33. The number of aromatic nitrogens is 1. The summed E-state index contributed by atoms with van der Waals surface area (Å²) < 4.78 is 15.8. The van der Waals surface area contributed by atoms with E-state index in [0.29, 0.717) is 5.92 Å². The molecule has 2 aromatic rings. The van der Waals surface area contributed by atoms with E-state index in [4.69, 9.17) is 0 Å². The number of rotatable bonds is 1. The van der Waals surface area contributed by atoms with Crippen molar-refractivity contribution in [2.45, 2.75) is 32.9 Å². The molecule has 0 amide bonds.